The average molecular weight is 380 g/mol. The van der Waals surface area contributed by atoms with Crippen molar-refractivity contribution in [1.29, 1.82) is 0 Å². The van der Waals surface area contributed by atoms with Crippen molar-refractivity contribution in [1.82, 2.24) is 0 Å². The van der Waals surface area contributed by atoms with Crippen LogP contribution in [0.4, 0.5) is 11.4 Å². The molecule has 0 aliphatic carbocycles. The molecule has 6 heteroatoms. The zero-order chi connectivity index (χ0) is 18.4. The van der Waals surface area contributed by atoms with Gasteiger partial charge in [0, 0.05) is 12.6 Å². The number of thioether (sulfide) groups is 1. The van der Waals surface area contributed by atoms with Crippen molar-refractivity contribution in [3.63, 3.8) is 0 Å². The molecular weight excluding hydrogens is 364 g/mol. The third-order valence-corrected chi connectivity index (χ3v) is 6.04. The summed E-state index contributed by atoms with van der Waals surface area (Å²) in [4.78, 5) is 29.6. The van der Waals surface area contributed by atoms with Crippen LogP contribution in [0.5, 0.6) is 0 Å². The normalized spacial score (nSPS) is 19.5. The Morgan fingerprint density at radius 3 is 2.35 bits per heavy atom. The first-order valence-corrected chi connectivity index (χ1v) is 9.53. The number of fused-ring (bicyclic) bond motifs is 1. The number of amides is 2. The summed E-state index contributed by atoms with van der Waals surface area (Å²) in [6.07, 6.45) is 0.795. The second kappa shape index (κ2) is 6.37. The summed E-state index contributed by atoms with van der Waals surface area (Å²) in [5, 5.41) is 0. The van der Waals surface area contributed by atoms with E-state index < -0.39 is 0 Å². The van der Waals surface area contributed by atoms with E-state index in [9.17, 15) is 9.59 Å². The second-order valence-corrected chi connectivity index (χ2v) is 7.72. The van der Waals surface area contributed by atoms with Gasteiger partial charge in [-0.25, -0.2) is 0 Å². The molecule has 2 aliphatic rings. The molecule has 0 spiro atoms. The number of hydrogen-bond donors (Lipinski definition) is 0. The van der Waals surface area contributed by atoms with Crippen LogP contribution in [0.25, 0.3) is 5.57 Å². The zero-order valence-corrected chi connectivity index (χ0v) is 16.0. The number of benzene rings is 2. The number of carbonyl (C=O) groups is 2. The number of para-hydroxylation sites is 2. The van der Waals surface area contributed by atoms with Crippen molar-refractivity contribution in [3.05, 3.63) is 64.6 Å². The van der Waals surface area contributed by atoms with Gasteiger partial charge in [-0.2, -0.15) is 0 Å². The Morgan fingerprint density at radius 2 is 1.62 bits per heavy atom. The van der Waals surface area contributed by atoms with Gasteiger partial charge in [0.1, 0.15) is 0 Å². The minimum Gasteiger partial charge on any atom is -0.311 e. The van der Waals surface area contributed by atoms with Crippen LogP contribution < -0.4 is 9.80 Å². The molecule has 2 heterocycles. The molecule has 130 valence electrons. The Labute approximate surface area is 161 Å². The van der Waals surface area contributed by atoms with Crippen LogP contribution in [0.15, 0.2) is 53.4 Å². The lowest BCUT2D eigenvalue weighted by Crippen LogP contribution is -2.29. The molecule has 0 aromatic heterocycles. The van der Waals surface area contributed by atoms with E-state index in [0.717, 1.165) is 28.9 Å². The van der Waals surface area contributed by atoms with Gasteiger partial charge in [0.15, 0.2) is 4.32 Å². The molecule has 2 amide bonds. The van der Waals surface area contributed by atoms with Gasteiger partial charge >= 0.3 is 0 Å². The van der Waals surface area contributed by atoms with E-state index in [1.807, 2.05) is 55.5 Å². The Kier molecular flexibility index (Phi) is 4.17. The standard InChI is InChI=1S/C20H16N2O2S2/c1-3-12-8-4-6-10-14(12)22-19(24)17(26-20(22)25)16-13-9-5-7-11-15(13)21(2)18(16)23/h4-11H,3H2,1-2H3. The van der Waals surface area contributed by atoms with E-state index >= 15 is 0 Å². The van der Waals surface area contributed by atoms with Crippen molar-refractivity contribution in [2.45, 2.75) is 13.3 Å². The molecule has 0 unspecified atom stereocenters. The number of carbonyl (C=O) groups excluding carboxylic acids is 2. The summed E-state index contributed by atoms with van der Waals surface area (Å²) in [6.45, 7) is 2.04. The number of nitrogens with zero attached hydrogens (tertiary/aromatic N) is 2. The van der Waals surface area contributed by atoms with Gasteiger partial charge in [0.2, 0.25) is 0 Å². The molecule has 0 atom stereocenters. The smallest absolute Gasteiger partial charge is 0.271 e. The summed E-state index contributed by atoms with van der Waals surface area (Å²) in [5.74, 6) is -0.398. The molecule has 2 aliphatic heterocycles. The molecule has 2 aromatic carbocycles. The minimum absolute atomic E-state index is 0.171. The van der Waals surface area contributed by atoms with Crippen molar-refractivity contribution in [2.75, 3.05) is 16.8 Å². The van der Waals surface area contributed by atoms with E-state index in [-0.39, 0.29) is 11.8 Å². The summed E-state index contributed by atoms with van der Waals surface area (Å²) in [6, 6.07) is 15.2. The Morgan fingerprint density at radius 1 is 0.962 bits per heavy atom. The molecule has 1 saturated heterocycles. The van der Waals surface area contributed by atoms with Crippen molar-refractivity contribution >= 4 is 57.1 Å². The average Bonchev–Trinajstić information content (AvgIpc) is 3.08. The molecule has 1 fully saturated rings. The molecule has 0 N–H and O–H groups in total. The molecule has 2 aromatic rings. The van der Waals surface area contributed by atoms with Crippen LogP contribution in [0.3, 0.4) is 0 Å². The van der Waals surface area contributed by atoms with E-state index in [1.54, 1.807) is 16.8 Å². The fourth-order valence-electron chi connectivity index (χ4n) is 3.34. The van der Waals surface area contributed by atoms with Crippen molar-refractivity contribution < 1.29 is 9.59 Å². The highest BCUT2D eigenvalue weighted by molar-refractivity contribution is 8.27. The molecule has 0 saturated carbocycles. The van der Waals surface area contributed by atoms with Gasteiger partial charge in [-0.1, -0.05) is 67.3 Å². The predicted molar refractivity (Wildman–Crippen MR) is 110 cm³/mol. The Balaban J connectivity index is 1.86. The van der Waals surface area contributed by atoms with E-state index in [0.29, 0.717) is 14.8 Å². The van der Waals surface area contributed by atoms with E-state index in [1.165, 1.54) is 11.8 Å². The largest absolute Gasteiger partial charge is 0.311 e. The highest BCUT2D eigenvalue weighted by Gasteiger charge is 2.41. The SMILES string of the molecule is CCc1ccccc1N1C(=O)C(=C2C(=O)N(C)c3ccccc32)SC1=S. The van der Waals surface area contributed by atoms with Crippen molar-refractivity contribution in [3.8, 4) is 0 Å². The molecule has 26 heavy (non-hydrogen) atoms. The Bertz CT molecular complexity index is 997. The monoisotopic (exact) mass is 380 g/mol. The lowest BCUT2D eigenvalue weighted by atomic mass is 10.1. The lowest BCUT2D eigenvalue weighted by molar-refractivity contribution is -0.115. The molecule has 0 radical (unpaired) electrons. The van der Waals surface area contributed by atoms with Crippen LogP contribution in [0.1, 0.15) is 18.1 Å². The summed E-state index contributed by atoms with van der Waals surface area (Å²) in [7, 11) is 1.72. The van der Waals surface area contributed by atoms with Crippen LogP contribution in [0, 0.1) is 0 Å². The van der Waals surface area contributed by atoms with Gasteiger partial charge in [-0.15, -0.1) is 0 Å². The fourth-order valence-corrected chi connectivity index (χ4v) is 4.70. The highest BCUT2D eigenvalue weighted by atomic mass is 32.2. The quantitative estimate of drug-likeness (QED) is 0.583. The molecule has 4 nitrogen and oxygen atoms in total. The first-order valence-electron chi connectivity index (χ1n) is 8.30. The molecule has 4 rings (SSSR count). The number of thiocarbonyl (C=S) groups is 1. The summed E-state index contributed by atoms with van der Waals surface area (Å²) in [5.41, 5.74) is 3.87. The number of hydrogen-bond acceptors (Lipinski definition) is 4. The zero-order valence-electron chi connectivity index (χ0n) is 14.4. The maximum atomic E-state index is 13.2. The third-order valence-electron chi connectivity index (χ3n) is 4.66. The number of rotatable bonds is 2. The van der Waals surface area contributed by atoms with Crippen molar-refractivity contribution in [2.24, 2.45) is 0 Å². The number of aryl methyl sites for hydroxylation is 1. The van der Waals surface area contributed by atoms with Gasteiger partial charge < -0.3 is 4.90 Å². The van der Waals surface area contributed by atoms with Gasteiger partial charge in [-0.05, 0) is 24.1 Å². The van der Waals surface area contributed by atoms with E-state index in [2.05, 4.69) is 0 Å². The predicted octanol–water partition coefficient (Wildman–Crippen LogP) is 4.00. The fraction of sp³-hybridized carbons (Fsp3) is 0.150. The third kappa shape index (κ3) is 2.40. The highest BCUT2D eigenvalue weighted by Crippen LogP contribution is 2.45. The Hall–Kier alpha value is -2.44. The van der Waals surface area contributed by atoms with E-state index in [4.69, 9.17) is 12.2 Å². The van der Waals surface area contributed by atoms with Crippen LogP contribution in [-0.2, 0) is 16.0 Å². The maximum absolute atomic E-state index is 13.2. The first kappa shape index (κ1) is 17.0. The maximum Gasteiger partial charge on any atom is 0.271 e. The molecular formula is C20H16N2O2S2. The lowest BCUT2D eigenvalue weighted by Gasteiger charge is -2.18. The topological polar surface area (TPSA) is 40.6 Å². The summed E-state index contributed by atoms with van der Waals surface area (Å²) >= 11 is 6.70. The van der Waals surface area contributed by atoms with Gasteiger partial charge in [-0.3, -0.25) is 14.5 Å². The minimum atomic E-state index is -0.227. The number of likely N-dealkylation sites (N-methyl/N-ethyl adjacent to an activating group) is 1. The molecule has 0 bridgehead atoms. The van der Waals surface area contributed by atoms with Gasteiger partial charge in [0.25, 0.3) is 11.8 Å². The van der Waals surface area contributed by atoms with Crippen LogP contribution in [0.2, 0.25) is 0 Å². The van der Waals surface area contributed by atoms with Crippen LogP contribution >= 0.6 is 24.0 Å². The number of anilines is 2. The van der Waals surface area contributed by atoms with Crippen LogP contribution in [-0.4, -0.2) is 23.2 Å². The van der Waals surface area contributed by atoms with Gasteiger partial charge in [0.05, 0.1) is 21.9 Å². The second-order valence-electron chi connectivity index (χ2n) is 6.08. The summed E-state index contributed by atoms with van der Waals surface area (Å²) < 4.78 is 0.457. The first-order chi connectivity index (χ1) is 12.5.